The number of nitrogens with one attached hydrogen (secondary N) is 2. The van der Waals surface area contributed by atoms with Crippen LogP contribution in [-0.2, 0) is 18.4 Å². The van der Waals surface area contributed by atoms with Crippen molar-refractivity contribution < 1.29 is 14.3 Å². The van der Waals surface area contributed by atoms with Gasteiger partial charge in [-0.3, -0.25) is 19.0 Å². The number of aromatic nitrogens is 4. The number of amides is 1. The number of hydrogen-bond donors (Lipinski definition) is 3. The number of rotatable bonds is 10. The summed E-state index contributed by atoms with van der Waals surface area (Å²) < 4.78 is 17.8. The lowest BCUT2D eigenvalue weighted by Gasteiger charge is -2.16. The van der Waals surface area contributed by atoms with E-state index >= 15 is 4.39 Å². The molecule has 0 unspecified atom stereocenters. The van der Waals surface area contributed by atoms with Gasteiger partial charge in [0.15, 0.2) is 5.82 Å². The van der Waals surface area contributed by atoms with Crippen LogP contribution < -0.4 is 21.8 Å². The van der Waals surface area contributed by atoms with Gasteiger partial charge >= 0.3 is 0 Å². The molecular weight excluding hydrogens is 601 g/mol. The van der Waals surface area contributed by atoms with Gasteiger partial charge in [-0.1, -0.05) is 24.3 Å². The number of carbonyl (C=O) groups is 1. The first-order valence-electron chi connectivity index (χ1n) is 15.1. The molecule has 12 heteroatoms. The van der Waals surface area contributed by atoms with Crippen molar-refractivity contribution in [3.63, 3.8) is 0 Å². The maximum absolute atomic E-state index is 15.2. The number of likely N-dealkylation sites (N-methyl/N-ethyl adjacent to an activating group) is 1. The zero-order valence-electron chi connectivity index (χ0n) is 26.2. The van der Waals surface area contributed by atoms with Crippen molar-refractivity contribution in [2.24, 2.45) is 7.05 Å². The molecule has 6 rings (SSSR count). The molecule has 0 spiro atoms. The highest BCUT2D eigenvalue weighted by atomic mass is 19.1. The van der Waals surface area contributed by atoms with Gasteiger partial charge in [0, 0.05) is 48.4 Å². The predicted octanol–water partition coefficient (Wildman–Crippen LogP) is 4.46. The van der Waals surface area contributed by atoms with E-state index in [1.807, 2.05) is 19.0 Å². The Balaban J connectivity index is 1.34. The molecular formula is C35H34FN7O4. The molecule has 0 atom stereocenters. The Labute approximate surface area is 269 Å². The second kappa shape index (κ2) is 13.1. The number of benzene rings is 3. The Bertz CT molecular complexity index is 2150. The molecule has 0 saturated heterocycles. The van der Waals surface area contributed by atoms with E-state index in [1.54, 1.807) is 61.7 Å². The zero-order valence-corrected chi connectivity index (χ0v) is 26.2. The highest BCUT2D eigenvalue weighted by Gasteiger charge is 2.26. The Morgan fingerprint density at radius 3 is 2.60 bits per heavy atom. The van der Waals surface area contributed by atoms with Crippen molar-refractivity contribution in [1.29, 1.82) is 0 Å². The number of halogens is 1. The zero-order chi connectivity index (χ0) is 33.2. The standard InChI is InChI=1S/C35H34FN7O4/c1-41(2)14-6-11-31(45)38-23-7-4-8-24(17-23)39-33-35(47)42(3)18-29(40-33)25-9-5-10-30(26(25)19-44)43-20-37-28-16-22(21-12-13-21)15-27(36)32(28)34(43)46/h4-11,15-18,20-21,44H,12-14,19H2,1-3H3,(H,38,45)(H,39,40). The van der Waals surface area contributed by atoms with Crippen LogP contribution in [0.5, 0.6) is 0 Å². The van der Waals surface area contributed by atoms with Crippen LogP contribution in [0, 0.1) is 5.82 Å². The topological polar surface area (TPSA) is 134 Å². The summed E-state index contributed by atoms with van der Waals surface area (Å²) in [4.78, 5) is 50.0. The first-order valence-corrected chi connectivity index (χ1v) is 15.1. The van der Waals surface area contributed by atoms with E-state index < -0.39 is 23.5 Å². The average Bonchev–Trinajstić information content (AvgIpc) is 3.89. The summed E-state index contributed by atoms with van der Waals surface area (Å²) in [6.07, 6.45) is 8.06. The van der Waals surface area contributed by atoms with Gasteiger partial charge in [0.1, 0.15) is 17.5 Å². The number of anilines is 3. The van der Waals surface area contributed by atoms with Gasteiger partial charge in [-0.05, 0) is 74.8 Å². The number of carbonyl (C=O) groups excluding carboxylic acids is 1. The normalized spacial score (nSPS) is 13.1. The number of aryl methyl sites for hydroxylation is 1. The Morgan fingerprint density at radius 1 is 1.09 bits per heavy atom. The van der Waals surface area contributed by atoms with E-state index in [1.165, 1.54) is 33.8 Å². The monoisotopic (exact) mass is 635 g/mol. The van der Waals surface area contributed by atoms with Crippen LogP contribution >= 0.6 is 0 Å². The number of aliphatic hydroxyl groups excluding tert-OH is 1. The lowest BCUT2D eigenvalue weighted by atomic mass is 10.0. The third kappa shape index (κ3) is 6.74. The van der Waals surface area contributed by atoms with Crippen molar-refractivity contribution in [3.8, 4) is 16.9 Å². The summed E-state index contributed by atoms with van der Waals surface area (Å²) in [6.45, 7) is 0.147. The number of nitrogens with zero attached hydrogens (tertiary/aromatic N) is 5. The molecule has 1 aliphatic carbocycles. The Hall–Kier alpha value is -5.46. The van der Waals surface area contributed by atoms with Crippen LogP contribution in [-0.4, -0.2) is 55.7 Å². The molecule has 3 N–H and O–H groups in total. The SMILES string of the molecule is CN(C)CC=CC(=O)Nc1cccc(Nc2nc(-c3cccc(-n4cnc5cc(C6CC6)cc(F)c5c4=O)c3CO)cn(C)c2=O)c1. The van der Waals surface area contributed by atoms with Crippen LogP contribution in [0.1, 0.15) is 29.9 Å². The van der Waals surface area contributed by atoms with Gasteiger partial charge in [0.05, 0.1) is 23.5 Å². The quantitative estimate of drug-likeness (QED) is 0.192. The van der Waals surface area contributed by atoms with Crippen molar-refractivity contribution in [1.82, 2.24) is 24.0 Å². The van der Waals surface area contributed by atoms with Gasteiger partial charge in [0.2, 0.25) is 5.91 Å². The van der Waals surface area contributed by atoms with Crippen molar-refractivity contribution in [3.05, 3.63) is 117 Å². The van der Waals surface area contributed by atoms with E-state index in [9.17, 15) is 19.5 Å². The third-order valence-corrected chi connectivity index (χ3v) is 7.93. The van der Waals surface area contributed by atoms with Gasteiger partial charge in [-0.2, -0.15) is 0 Å². The maximum Gasteiger partial charge on any atom is 0.293 e. The summed E-state index contributed by atoms with van der Waals surface area (Å²) in [5.41, 5.74) is 2.61. The molecule has 3 aromatic carbocycles. The van der Waals surface area contributed by atoms with Crippen molar-refractivity contribution in [2.75, 3.05) is 31.3 Å². The summed E-state index contributed by atoms with van der Waals surface area (Å²) in [6, 6.07) is 15.1. The smallest absolute Gasteiger partial charge is 0.293 e. The molecule has 1 amide bonds. The molecule has 11 nitrogen and oxygen atoms in total. The van der Waals surface area contributed by atoms with Gasteiger partial charge in [0.25, 0.3) is 11.1 Å². The third-order valence-electron chi connectivity index (χ3n) is 7.93. The fourth-order valence-corrected chi connectivity index (χ4v) is 5.43. The predicted molar refractivity (Wildman–Crippen MR) is 180 cm³/mol. The largest absolute Gasteiger partial charge is 0.392 e. The lowest BCUT2D eigenvalue weighted by Crippen LogP contribution is -2.23. The van der Waals surface area contributed by atoms with E-state index in [4.69, 9.17) is 0 Å². The van der Waals surface area contributed by atoms with E-state index in [-0.39, 0.29) is 22.6 Å². The molecule has 1 saturated carbocycles. The second-order valence-electron chi connectivity index (χ2n) is 11.8. The summed E-state index contributed by atoms with van der Waals surface area (Å²) in [5.74, 6) is -0.609. The van der Waals surface area contributed by atoms with Gasteiger partial charge in [-0.25, -0.2) is 14.4 Å². The lowest BCUT2D eigenvalue weighted by molar-refractivity contribution is -0.111. The van der Waals surface area contributed by atoms with E-state index in [0.29, 0.717) is 46.3 Å². The van der Waals surface area contributed by atoms with Crippen LogP contribution in [0.3, 0.4) is 0 Å². The first-order chi connectivity index (χ1) is 22.6. The van der Waals surface area contributed by atoms with E-state index in [0.717, 1.165) is 18.4 Å². The van der Waals surface area contributed by atoms with Gasteiger partial charge < -0.3 is 25.2 Å². The summed E-state index contributed by atoms with van der Waals surface area (Å²) >= 11 is 0. The van der Waals surface area contributed by atoms with Crippen molar-refractivity contribution in [2.45, 2.75) is 25.4 Å². The average molecular weight is 636 g/mol. The molecule has 47 heavy (non-hydrogen) atoms. The highest BCUT2D eigenvalue weighted by molar-refractivity contribution is 5.99. The second-order valence-corrected chi connectivity index (χ2v) is 11.8. The molecule has 240 valence electrons. The Kier molecular flexibility index (Phi) is 8.79. The van der Waals surface area contributed by atoms with Crippen LogP contribution in [0.25, 0.3) is 27.8 Å². The molecule has 2 aromatic heterocycles. The summed E-state index contributed by atoms with van der Waals surface area (Å²) in [7, 11) is 5.39. The fourth-order valence-electron chi connectivity index (χ4n) is 5.43. The molecule has 2 heterocycles. The van der Waals surface area contributed by atoms with E-state index in [2.05, 4.69) is 20.6 Å². The Morgan fingerprint density at radius 2 is 1.85 bits per heavy atom. The highest BCUT2D eigenvalue weighted by Crippen LogP contribution is 2.41. The molecule has 0 radical (unpaired) electrons. The minimum Gasteiger partial charge on any atom is -0.392 e. The fraction of sp³-hybridized carbons (Fsp3) is 0.229. The van der Waals surface area contributed by atoms with Gasteiger partial charge in [-0.15, -0.1) is 0 Å². The molecule has 1 aliphatic rings. The number of aliphatic hydroxyl groups is 1. The van der Waals surface area contributed by atoms with Crippen LogP contribution in [0.2, 0.25) is 0 Å². The molecule has 0 bridgehead atoms. The van der Waals surface area contributed by atoms with Crippen LogP contribution in [0.15, 0.2) is 88.9 Å². The number of hydrogen-bond acceptors (Lipinski definition) is 8. The maximum atomic E-state index is 15.2. The summed E-state index contributed by atoms with van der Waals surface area (Å²) in [5, 5.41) is 16.2. The first kappa shape index (κ1) is 31.5. The minimum atomic E-state index is -0.627. The number of fused-ring (bicyclic) bond motifs is 1. The molecule has 1 fully saturated rings. The minimum absolute atomic E-state index is 0.00623. The van der Waals surface area contributed by atoms with Crippen LogP contribution in [0.4, 0.5) is 21.6 Å². The molecule has 5 aromatic rings. The van der Waals surface area contributed by atoms with Crippen molar-refractivity contribution >= 4 is 34.0 Å². The molecule has 0 aliphatic heterocycles.